The normalized spacial score (nSPS) is 10.1. The van der Waals surface area contributed by atoms with Gasteiger partial charge in [0.2, 0.25) is 0 Å². The van der Waals surface area contributed by atoms with Crippen LogP contribution in [0, 0.1) is 11.6 Å². The number of benzene rings is 2. The number of aromatic nitrogens is 1. The quantitative estimate of drug-likeness (QED) is 0.400. The molecule has 0 bridgehead atoms. The third-order valence-electron chi connectivity index (χ3n) is 3.73. The molecule has 0 aliphatic carbocycles. The number of carbonyl (C=O) groups is 2. The molecule has 5 nitrogen and oxygen atoms in total. The molecule has 2 aromatic carbocycles. The van der Waals surface area contributed by atoms with E-state index in [1.165, 1.54) is 54.9 Å². The van der Waals surface area contributed by atoms with Crippen LogP contribution < -0.4 is 10.6 Å². The van der Waals surface area contributed by atoms with E-state index in [2.05, 4.69) is 15.6 Å². The first-order valence-corrected chi connectivity index (χ1v) is 8.28. The van der Waals surface area contributed by atoms with Crippen LogP contribution in [0.25, 0.3) is 6.08 Å². The summed E-state index contributed by atoms with van der Waals surface area (Å²) in [7, 11) is 0. The van der Waals surface area contributed by atoms with Gasteiger partial charge in [0.25, 0.3) is 11.8 Å². The number of nitrogens with one attached hydrogen (secondary N) is 2. The molecule has 7 heteroatoms. The van der Waals surface area contributed by atoms with Crippen molar-refractivity contribution in [1.29, 1.82) is 0 Å². The molecule has 1 aromatic heterocycles. The molecule has 28 heavy (non-hydrogen) atoms. The van der Waals surface area contributed by atoms with Crippen molar-refractivity contribution in [1.82, 2.24) is 4.98 Å². The van der Waals surface area contributed by atoms with Crippen molar-refractivity contribution in [3.63, 3.8) is 0 Å². The van der Waals surface area contributed by atoms with E-state index in [-0.39, 0.29) is 16.9 Å². The molecule has 0 aliphatic rings. The van der Waals surface area contributed by atoms with E-state index in [0.29, 0.717) is 5.56 Å². The molecule has 140 valence electrons. The van der Waals surface area contributed by atoms with Crippen LogP contribution in [-0.2, 0) is 9.59 Å². The van der Waals surface area contributed by atoms with E-state index in [1.807, 2.05) is 0 Å². The number of amides is 2. The second-order valence-corrected chi connectivity index (χ2v) is 5.71. The summed E-state index contributed by atoms with van der Waals surface area (Å²) in [6.07, 6.45) is 4.28. The molecule has 3 rings (SSSR count). The van der Waals surface area contributed by atoms with Crippen LogP contribution in [0.15, 0.2) is 78.6 Å². The predicted molar refractivity (Wildman–Crippen MR) is 102 cm³/mol. The van der Waals surface area contributed by atoms with Crippen molar-refractivity contribution in [2.24, 2.45) is 0 Å². The number of pyridine rings is 1. The Kier molecular flexibility index (Phi) is 5.86. The number of rotatable bonds is 5. The Morgan fingerprint density at radius 1 is 0.786 bits per heavy atom. The Bertz CT molecular complexity index is 975. The van der Waals surface area contributed by atoms with Crippen molar-refractivity contribution in [3.05, 3.63) is 95.8 Å². The molecule has 1 heterocycles. The van der Waals surface area contributed by atoms with E-state index in [9.17, 15) is 18.4 Å². The highest BCUT2D eigenvalue weighted by atomic mass is 19.1. The van der Waals surface area contributed by atoms with Gasteiger partial charge in [-0.1, -0.05) is 30.3 Å². The maximum absolute atomic E-state index is 13.8. The molecule has 2 N–H and O–H groups in total. The van der Waals surface area contributed by atoms with Gasteiger partial charge in [-0.15, -0.1) is 0 Å². The van der Waals surface area contributed by atoms with Crippen LogP contribution in [0.1, 0.15) is 5.56 Å². The maximum Gasteiger partial charge on any atom is 0.261 e. The summed E-state index contributed by atoms with van der Waals surface area (Å²) < 4.78 is 27.7. The molecule has 2 amide bonds. The molecule has 0 aliphatic heterocycles. The Labute approximate surface area is 159 Å². The first-order chi connectivity index (χ1) is 13.5. The third kappa shape index (κ3) is 4.64. The largest absolute Gasteiger partial charge is 0.319 e. The zero-order valence-corrected chi connectivity index (χ0v) is 14.5. The number of hydrogen-bond acceptors (Lipinski definition) is 3. The van der Waals surface area contributed by atoms with Crippen molar-refractivity contribution in [2.75, 3.05) is 10.6 Å². The smallest absolute Gasteiger partial charge is 0.261 e. The Hall–Kier alpha value is -3.87. The summed E-state index contributed by atoms with van der Waals surface area (Å²) in [5.74, 6) is -2.98. The predicted octanol–water partition coefficient (Wildman–Crippen LogP) is 4.02. The summed E-state index contributed by atoms with van der Waals surface area (Å²) in [6, 6.07) is 14.4. The first kappa shape index (κ1) is 18.9. The molecule has 0 saturated carbocycles. The average molecular weight is 379 g/mol. The van der Waals surface area contributed by atoms with Crippen LogP contribution in [0.3, 0.4) is 0 Å². The standard InChI is InChI=1S/C21H15F2N3O2/c22-16-7-1-3-9-18(16)25-20(27)15(12-14-6-5-11-24-13-14)21(28)26-19-10-4-2-8-17(19)23/h1-13H,(H,25,27)(H,26,28). The lowest BCUT2D eigenvalue weighted by atomic mass is 10.1. The van der Waals surface area contributed by atoms with Crippen molar-refractivity contribution >= 4 is 29.3 Å². The lowest BCUT2D eigenvalue weighted by Gasteiger charge is -2.11. The van der Waals surface area contributed by atoms with Crippen LogP contribution in [0.4, 0.5) is 20.2 Å². The molecule has 0 saturated heterocycles. The second kappa shape index (κ2) is 8.68. The van der Waals surface area contributed by atoms with Gasteiger partial charge in [-0.3, -0.25) is 14.6 Å². The molecule has 3 aromatic rings. The van der Waals surface area contributed by atoms with Gasteiger partial charge < -0.3 is 10.6 Å². The van der Waals surface area contributed by atoms with Gasteiger partial charge in [0.1, 0.15) is 17.2 Å². The number of nitrogens with zero attached hydrogens (tertiary/aromatic N) is 1. The zero-order valence-electron chi connectivity index (χ0n) is 14.5. The Morgan fingerprint density at radius 2 is 1.32 bits per heavy atom. The van der Waals surface area contributed by atoms with E-state index < -0.39 is 23.4 Å². The SMILES string of the molecule is O=C(Nc1ccccc1F)C(=Cc1cccnc1)C(=O)Nc1ccccc1F. The summed E-state index contributed by atoms with van der Waals surface area (Å²) in [5, 5.41) is 4.71. The van der Waals surface area contributed by atoms with Gasteiger partial charge in [-0.25, -0.2) is 8.78 Å². The van der Waals surface area contributed by atoms with Gasteiger partial charge >= 0.3 is 0 Å². The van der Waals surface area contributed by atoms with Gasteiger partial charge in [0.05, 0.1) is 11.4 Å². The van der Waals surface area contributed by atoms with E-state index >= 15 is 0 Å². The highest BCUT2D eigenvalue weighted by molar-refractivity contribution is 6.28. The summed E-state index contributed by atoms with van der Waals surface area (Å²) in [4.78, 5) is 29.3. The maximum atomic E-state index is 13.8. The number of anilines is 2. The molecule has 0 spiro atoms. The summed E-state index contributed by atoms with van der Waals surface area (Å²) >= 11 is 0. The number of halogens is 2. The monoisotopic (exact) mass is 379 g/mol. The molecule has 0 radical (unpaired) electrons. The molecular weight excluding hydrogens is 364 g/mol. The van der Waals surface area contributed by atoms with Crippen molar-refractivity contribution < 1.29 is 18.4 Å². The Morgan fingerprint density at radius 3 is 1.79 bits per heavy atom. The fourth-order valence-electron chi connectivity index (χ4n) is 2.37. The van der Waals surface area contributed by atoms with Gasteiger partial charge in [0.15, 0.2) is 0 Å². The van der Waals surface area contributed by atoms with Gasteiger partial charge in [0, 0.05) is 12.4 Å². The van der Waals surface area contributed by atoms with Gasteiger partial charge in [-0.2, -0.15) is 0 Å². The highest BCUT2D eigenvalue weighted by Crippen LogP contribution is 2.18. The molecule has 0 fully saturated rings. The van der Waals surface area contributed by atoms with E-state index in [1.54, 1.807) is 24.3 Å². The van der Waals surface area contributed by atoms with Crippen molar-refractivity contribution in [2.45, 2.75) is 0 Å². The van der Waals surface area contributed by atoms with Gasteiger partial charge in [-0.05, 0) is 42.0 Å². The van der Waals surface area contributed by atoms with Crippen LogP contribution in [-0.4, -0.2) is 16.8 Å². The number of para-hydroxylation sites is 2. The zero-order chi connectivity index (χ0) is 19.9. The average Bonchev–Trinajstić information content (AvgIpc) is 2.70. The topological polar surface area (TPSA) is 71.1 Å². The fraction of sp³-hybridized carbons (Fsp3) is 0. The fourth-order valence-corrected chi connectivity index (χ4v) is 2.37. The van der Waals surface area contributed by atoms with Crippen molar-refractivity contribution in [3.8, 4) is 0 Å². The lowest BCUT2D eigenvalue weighted by molar-refractivity contribution is -0.118. The van der Waals surface area contributed by atoms with Crippen LogP contribution in [0.2, 0.25) is 0 Å². The summed E-state index contributed by atoms with van der Waals surface area (Å²) in [6.45, 7) is 0. The molecular formula is C21H15F2N3O2. The van der Waals surface area contributed by atoms with E-state index in [0.717, 1.165) is 0 Å². The molecule has 0 unspecified atom stereocenters. The minimum Gasteiger partial charge on any atom is -0.319 e. The summed E-state index contributed by atoms with van der Waals surface area (Å²) in [5.41, 5.74) is -0.0177. The van der Waals surface area contributed by atoms with E-state index in [4.69, 9.17) is 0 Å². The Balaban J connectivity index is 1.92. The molecule has 0 atom stereocenters. The minimum absolute atomic E-state index is 0.0803. The first-order valence-electron chi connectivity index (χ1n) is 8.28. The number of carbonyl (C=O) groups excluding carboxylic acids is 2. The van der Waals surface area contributed by atoms with Crippen LogP contribution >= 0.6 is 0 Å². The minimum atomic E-state index is -0.845. The second-order valence-electron chi connectivity index (χ2n) is 5.71. The number of hydrogen-bond donors (Lipinski definition) is 2. The third-order valence-corrected chi connectivity index (χ3v) is 3.73. The van der Waals surface area contributed by atoms with Crippen LogP contribution in [0.5, 0.6) is 0 Å². The highest BCUT2D eigenvalue weighted by Gasteiger charge is 2.21. The lowest BCUT2D eigenvalue weighted by Crippen LogP contribution is -2.26.